The van der Waals surface area contributed by atoms with E-state index in [1.54, 1.807) is 0 Å². The molecule has 0 radical (unpaired) electrons. The summed E-state index contributed by atoms with van der Waals surface area (Å²) in [6.07, 6.45) is 6.32. The lowest BCUT2D eigenvalue weighted by atomic mass is 9.99. The van der Waals surface area contributed by atoms with E-state index in [2.05, 4.69) is 30.4 Å². The monoisotopic (exact) mass is 245 g/mol. The van der Waals surface area contributed by atoms with Crippen LogP contribution in [-0.2, 0) is 12.8 Å². The Labute approximate surface area is 110 Å². The van der Waals surface area contributed by atoms with Crippen molar-refractivity contribution in [2.75, 3.05) is 13.2 Å². The van der Waals surface area contributed by atoms with Crippen LogP contribution >= 0.6 is 0 Å². The molecule has 1 atom stereocenters. The largest absolute Gasteiger partial charge is 0.493 e. The second-order valence-electron chi connectivity index (χ2n) is 5.54. The molecular weight excluding hydrogens is 222 g/mol. The molecule has 0 bridgehead atoms. The predicted molar refractivity (Wildman–Crippen MR) is 74.2 cm³/mol. The fourth-order valence-corrected chi connectivity index (χ4v) is 3.06. The number of ether oxygens (including phenoxy) is 1. The predicted octanol–water partition coefficient (Wildman–Crippen LogP) is 2.94. The highest BCUT2D eigenvalue weighted by Gasteiger charge is 2.30. The van der Waals surface area contributed by atoms with Gasteiger partial charge in [0.2, 0.25) is 0 Å². The van der Waals surface area contributed by atoms with Gasteiger partial charge in [-0.1, -0.05) is 25.1 Å². The van der Waals surface area contributed by atoms with E-state index in [1.807, 2.05) is 0 Å². The third kappa shape index (κ3) is 2.54. The molecule has 0 spiro atoms. The number of rotatable bonds is 6. The normalized spacial score (nSPS) is 19.4. The molecule has 2 nitrogen and oxygen atoms in total. The second kappa shape index (κ2) is 5.31. The van der Waals surface area contributed by atoms with Crippen LogP contribution in [0.15, 0.2) is 18.2 Å². The molecule has 0 amide bonds. The first-order chi connectivity index (χ1) is 8.88. The summed E-state index contributed by atoms with van der Waals surface area (Å²) in [5, 5.41) is 3.64. The summed E-state index contributed by atoms with van der Waals surface area (Å²) in [6, 6.07) is 7.34. The van der Waals surface area contributed by atoms with Gasteiger partial charge in [-0.25, -0.2) is 0 Å². The van der Waals surface area contributed by atoms with E-state index < -0.39 is 0 Å². The minimum Gasteiger partial charge on any atom is -0.493 e. The zero-order valence-corrected chi connectivity index (χ0v) is 11.2. The van der Waals surface area contributed by atoms with Crippen LogP contribution in [-0.4, -0.2) is 19.2 Å². The van der Waals surface area contributed by atoms with Gasteiger partial charge in [0, 0.05) is 12.5 Å². The molecule has 1 heterocycles. The number of nitrogens with one attached hydrogen (secondary N) is 1. The number of para-hydroxylation sites is 1. The zero-order valence-electron chi connectivity index (χ0n) is 11.2. The molecule has 1 unspecified atom stereocenters. The van der Waals surface area contributed by atoms with Crippen molar-refractivity contribution in [2.24, 2.45) is 5.92 Å². The van der Waals surface area contributed by atoms with Crippen LogP contribution in [0.5, 0.6) is 5.75 Å². The molecule has 0 saturated heterocycles. The quantitative estimate of drug-likeness (QED) is 0.832. The maximum Gasteiger partial charge on any atom is 0.125 e. The van der Waals surface area contributed by atoms with Gasteiger partial charge in [-0.05, 0) is 49.3 Å². The molecule has 98 valence electrons. The first-order valence-corrected chi connectivity index (χ1v) is 7.35. The van der Waals surface area contributed by atoms with Crippen molar-refractivity contribution in [1.82, 2.24) is 5.32 Å². The van der Waals surface area contributed by atoms with Crippen molar-refractivity contribution >= 4 is 0 Å². The van der Waals surface area contributed by atoms with Crippen molar-refractivity contribution in [3.8, 4) is 5.75 Å². The van der Waals surface area contributed by atoms with Gasteiger partial charge in [-0.3, -0.25) is 0 Å². The van der Waals surface area contributed by atoms with E-state index in [1.165, 1.54) is 36.1 Å². The highest BCUT2D eigenvalue weighted by Crippen LogP contribution is 2.36. The number of fused-ring (bicyclic) bond motifs is 1. The molecular formula is C16H23NO. The molecule has 0 aromatic heterocycles. The molecule has 2 aliphatic rings. The Hall–Kier alpha value is -1.02. The number of hydrogen-bond donors (Lipinski definition) is 1. The Morgan fingerprint density at radius 3 is 3.06 bits per heavy atom. The van der Waals surface area contributed by atoms with E-state index in [-0.39, 0.29) is 0 Å². The highest BCUT2D eigenvalue weighted by atomic mass is 16.5. The lowest BCUT2D eigenvalue weighted by Gasteiger charge is -2.17. The molecule has 1 aliphatic heterocycles. The fraction of sp³-hybridized carbons (Fsp3) is 0.625. The summed E-state index contributed by atoms with van der Waals surface area (Å²) in [6.45, 7) is 4.16. The van der Waals surface area contributed by atoms with Gasteiger partial charge in [-0.15, -0.1) is 0 Å². The van der Waals surface area contributed by atoms with Crippen LogP contribution in [0.1, 0.15) is 37.3 Å². The molecule has 1 aromatic carbocycles. The van der Waals surface area contributed by atoms with Gasteiger partial charge < -0.3 is 10.1 Å². The van der Waals surface area contributed by atoms with E-state index in [4.69, 9.17) is 4.74 Å². The van der Waals surface area contributed by atoms with Gasteiger partial charge >= 0.3 is 0 Å². The molecule has 1 N–H and O–H groups in total. The van der Waals surface area contributed by atoms with E-state index >= 15 is 0 Å². The van der Waals surface area contributed by atoms with Crippen molar-refractivity contribution in [3.05, 3.63) is 29.3 Å². The van der Waals surface area contributed by atoms with Crippen LogP contribution in [0.2, 0.25) is 0 Å². The summed E-state index contributed by atoms with van der Waals surface area (Å²) in [7, 11) is 0. The van der Waals surface area contributed by atoms with Crippen LogP contribution in [0.4, 0.5) is 0 Å². The van der Waals surface area contributed by atoms with Crippen molar-refractivity contribution < 1.29 is 4.74 Å². The Bertz CT molecular complexity index is 412. The lowest BCUT2D eigenvalue weighted by Crippen LogP contribution is -2.31. The highest BCUT2D eigenvalue weighted by molar-refractivity contribution is 5.44. The molecule has 1 saturated carbocycles. The molecule has 1 aliphatic carbocycles. The minimum absolute atomic E-state index is 0.715. The molecule has 1 aromatic rings. The van der Waals surface area contributed by atoms with Crippen LogP contribution in [0.3, 0.4) is 0 Å². The standard InChI is InChI=1S/C16H23NO/c1-2-17-15(12-6-7-12)9-8-13-4-3-5-14-10-11-18-16(13)14/h3-5,12,15,17H,2,6-11H2,1H3. The summed E-state index contributed by atoms with van der Waals surface area (Å²) >= 11 is 0. The third-order valence-corrected chi connectivity index (χ3v) is 4.18. The molecule has 2 heteroatoms. The van der Waals surface area contributed by atoms with E-state index in [0.29, 0.717) is 6.04 Å². The Kier molecular flexibility index (Phi) is 3.55. The average molecular weight is 245 g/mol. The summed E-state index contributed by atoms with van der Waals surface area (Å²) in [4.78, 5) is 0. The smallest absolute Gasteiger partial charge is 0.125 e. The van der Waals surface area contributed by atoms with Gasteiger partial charge in [0.25, 0.3) is 0 Å². The summed E-state index contributed by atoms with van der Waals surface area (Å²) in [5.41, 5.74) is 2.81. The number of aryl methyl sites for hydroxylation is 1. The molecule has 18 heavy (non-hydrogen) atoms. The first kappa shape index (κ1) is 12.0. The minimum atomic E-state index is 0.715. The van der Waals surface area contributed by atoms with E-state index in [9.17, 15) is 0 Å². The summed E-state index contributed by atoms with van der Waals surface area (Å²) in [5.74, 6) is 2.12. The second-order valence-corrected chi connectivity index (χ2v) is 5.54. The first-order valence-electron chi connectivity index (χ1n) is 7.35. The topological polar surface area (TPSA) is 21.3 Å². The van der Waals surface area contributed by atoms with Crippen molar-refractivity contribution in [2.45, 2.75) is 45.1 Å². The van der Waals surface area contributed by atoms with Crippen molar-refractivity contribution in [1.29, 1.82) is 0 Å². The van der Waals surface area contributed by atoms with E-state index in [0.717, 1.165) is 31.9 Å². The Morgan fingerprint density at radius 1 is 1.39 bits per heavy atom. The zero-order chi connectivity index (χ0) is 12.4. The van der Waals surface area contributed by atoms with Crippen molar-refractivity contribution in [3.63, 3.8) is 0 Å². The van der Waals surface area contributed by atoms with Crippen LogP contribution in [0, 0.1) is 5.92 Å². The maximum absolute atomic E-state index is 5.78. The lowest BCUT2D eigenvalue weighted by molar-refractivity contribution is 0.351. The Balaban J connectivity index is 1.64. The average Bonchev–Trinajstić information content (AvgIpc) is 3.11. The van der Waals surface area contributed by atoms with Crippen LogP contribution in [0.25, 0.3) is 0 Å². The SMILES string of the molecule is CCNC(CCc1cccc2c1OCC2)C1CC1. The van der Waals surface area contributed by atoms with Gasteiger partial charge in [0.05, 0.1) is 6.61 Å². The molecule has 3 rings (SSSR count). The van der Waals surface area contributed by atoms with Gasteiger partial charge in [-0.2, -0.15) is 0 Å². The van der Waals surface area contributed by atoms with Gasteiger partial charge in [0.15, 0.2) is 0 Å². The Morgan fingerprint density at radius 2 is 2.28 bits per heavy atom. The van der Waals surface area contributed by atoms with Gasteiger partial charge in [0.1, 0.15) is 5.75 Å². The fourth-order valence-electron chi connectivity index (χ4n) is 3.06. The maximum atomic E-state index is 5.78. The number of hydrogen-bond acceptors (Lipinski definition) is 2. The number of benzene rings is 1. The third-order valence-electron chi connectivity index (χ3n) is 4.18. The molecule has 1 fully saturated rings. The summed E-state index contributed by atoms with van der Waals surface area (Å²) < 4.78 is 5.78. The van der Waals surface area contributed by atoms with Crippen LogP contribution < -0.4 is 10.1 Å².